The number of thiazole rings is 1. The minimum atomic E-state index is -4.30. The van der Waals surface area contributed by atoms with Gasteiger partial charge in [0.1, 0.15) is 6.61 Å². The predicted octanol–water partition coefficient (Wildman–Crippen LogP) is 3.42. The third-order valence-electron chi connectivity index (χ3n) is 3.01. The quantitative estimate of drug-likeness (QED) is 0.800. The van der Waals surface area contributed by atoms with Crippen LogP contribution in [-0.4, -0.2) is 30.2 Å². The summed E-state index contributed by atoms with van der Waals surface area (Å²) in [6.45, 7) is 2.74. The van der Waals surface area contributed by atoms with Gasteiger partial charge in [0.15, 0.2) is 5.78 Å². The van der Waals surface area contributed by atoms with Gasteiger partial charge in [-0.2, -0.15) is 13.2 Å². The van der Waals surface area contributed by atoms with Crippen LogP contribution in [-0.2, 0) is 17.6 Å². The molecule has 7 heteroatoms. The summed E-state index contributed by atoms with van der Waals surface area (Å²) in [5, 5.41) is 0.670. The molecular formula is C13H16F3NO2S. The first kappa shape index (κ1) is 15.4. The molecule has 0 unspecified atom stereocenters. The molecule has 0 spiro atoms. The second-order valence-corrected chi connectivity index (χ2v) is 6.83. The van der Waals surface area contributed by atoms with Gasteiger partial charge in [0.25, 0.3) is 0 Å². The van der Waals surface area contributed by atoms with Crippen molar-refractivity contribution in [2.45, 2.75) is 39.3 Å². The van der Waals surface area contributed by atoms with E-state index in [0.29, 0.717) is 22.7 Å². The summed E-state index contributed by atoms with van der Waals surface area (Å²) in [5.41, 5.74) is 0.685. The summed E-state index contributed by atoms with van der Waals surface area (Å²) in [5.74, 6) is 0.0798. The van der Waals surface area contributed by atoms with E-state index in [1.165, 1.54) is 11.3 Å². The van der Waals surface area contributed by atoms with Gasteiger partial charge in [-0.1, -0.05) is 13.8 Å². The van der Waals surface area contributed by atoms with Crippen molar-refractivity contribution in [2.75, 3.05) is 13.2 Å². The number of rotatable bonds is 4. The number of hydrogen-bond acceptors (Lipinski definition) is 4. The molecule has 0 atom stereocenters. The molecule has 1 aliphatic rings. The molecule has 1 aliphatic carbocycles. The fourth-order valence-corrected chi connectivity index (χ4v) is 3.22. The summed E-state index contributed by atoms with van der Waals surface area (Å²) in [4.78, 5) is 17.0. The lowest BCUT2D eigenvalue weighted by atomic mass is 9.78. The normalized spacial score (nSPS) is 18.1. The highest BCUT2D eigenvalue weighted by Crippen LogP contribution is 2.37. The van der Waals surface area contributed by atoms with Gasteiger partial charge in [0.2, 0.25) is 0 Å². The van der Waals surface area contributed by atoms with Crippen LogP contribution in [0.2, 0.25) is 0 Å². The molecule has 1 aromatic heterocycles. The average Bonchev–Trinajstić information content (AvgIpc) is 2.64. The van der Waals surface area contributed by atoms with Crippen molar-refractivity contribution < 1.29 is 22.7 Å². The lowest BCUT2D eigenvalue weighted by molar-refractivity contribution is -0.173. The minimum Gasteiger partial charge on any atom is -0.372 e. The van der Waals surface area contributed by atoms with Crippen molar-refractivity contribution in [3.8, 4) is 0 Å². The average molecular weight is 307 g/mol. The van der Waals surface area contributed by atoms with Crippen molar-refractivity contribution >= 4 is 17.1 Å². The fourth-order valence-electron chi connectivity index (χ4n) is 2.22. The molecule has 0 amide bonds. The molecule has 1 heterocycles. The topological polar surface area (TPSA) is 39.2 Å². The monoisotopic (exact) mass is 307 g/mol. The SMILES string of the molecule is CC1(C)CC(=O)c2sc(CCOCC(F)(F)F)nc2C1. The maximum absolute atomic E-state index is 12.0. The molecule has 112 valence electrons. The van der Waals surface area contributed by atoms with Crippen LogP contribution in [0.3, 0.4) is 0 Å². The van der Waals surface area contributed by atoms with E-state index >= 15 is 0 Å². The van der Waals surface area contributed by atoms with Crippen molar-refractivity contribution in [2.24, 2.45) is 5.41 Å². The zero-order chi connectivity index (χ0) is 15.0. The third kappa shape index (κ3) is 4.02. The van der Waals surface area contributed by atoms with Crippen LogP contribution in [0.15, 0.2) is 0 Å². The third-order valence-corrected chi connectivity index (χ3v) is 4.20. The zero-order valence-electron chi connectivity index (χ0n) is 11.3. The van der Waals surface area contributed by atoms with Crippen molar-refractivity contribution in [3.05, 3.63) is 15.6 Å². The number of carbonyl (C=O) groups is 1. The van der Waals surface area contributed by atoms with E-state index in [1.807, 2.05) is 13.8 Å². The first-order valence-corrected chi connectivity index (χ1v) is 7.14. The smallest absolute Gasteiger partial charge is 0.372 e. The predicted molar refractivity (Wildman–Crippen MR) is 69.1 cm³/mol. The van der Waals surface area contributed by atoms with Gasteiger partial charge in [0, 0.05) is 12.8 Å². The molecule has 0 radical (unpaired) electrons. The number of fused-ring (bicyclic) bond motifs is 1. The Bertz CT molecular complexity index is 508. The second-order valence-electron chi connectivity index (χ2n) is 5.74. The van der Waals surface area contributed by atoms with Crippen LogP contribution in [0.5, 0.6) is 0 Å². The van der Waals surface area contributed by atoms with Gasteiger partial charge in [-0.15, -0.1) is 11.3 Å². The van der Waals surface area contributed by atoms with Gasteiger partial charge in [-0.25, -0.2) is 4.98 Å². The van der Waals surface area contributed by atoms with Crippen LogP contribution >= 0.6 is 11.3 Å². The molecule has 0 N–H and O–H groups in total. The number of halogens is 3. The maximum Gasteiger partial charge on any atom is 0.411 e. The summed E-state index contributed by atoms with van der Waals surface area (Å²) in [6, 6.07) is 0. The summed E-state index contributed by atoms with van der Waals surface area (Å²) in [7, 11) is 0. The summed E-state index contributed by atoms with van der Waals surface area (Å²) >= 11 is 1.28. The van der Waals surface area contributed by atoms with Crippen LogP contribution in [0.4, 0.5) is 13.2 Å². The molecule has 0 saturated carbocycles. The number of Topliss-reactive ketones (excluding diaryl/α,β-unsaturated/α-hetero) is 1. The Morgan fingerprint density at radius 3 is 2.70 bits per heavy atom. The lowest BCUT2D eigenvalue weighted by Gasteiger charge is -2.26. The Balaban J connectivity index is 1.94. The summed E-state index contributed by atoms with van der Waals surface area (Å²) < 4.78 is 40.3. The zero-order valence-corrected chi connectivity index (χ0v) is 12.2. The molecule has 0 saturated heterocycles. The van der Waals surface area contributed by atoms with Gasteiger partial charge >= 0.3 is 6.18 Å². The van der Waals surface area contributed by atoms with Crippen molar-refractivity contribution in [1.82, 2.24) is 4.98 Å². The van der Waals surface area contributed by atoms with E-state index in [0.717, 1.165) is 12.1 Å². The van der Waals surface area contributed by atoms with E-state index in [9.17, 15) is 18.0 Å². The molecule has 1 aromatic rings. The highest BCUT2D eigenvalue weighted by atomic mass is 32.1. The Kier molecular flexibility index (Phi) is 4.20. The summed E-state index contributed by atoms with van der Waals surface area (Å²) in [6.07, 6.45) is -2.77. The van der Waals surface area contributed by atoms with E-state index < -0.39 is 12.8 Å². The molecule has 2 rings (SSSR count). The van der Waals surface area contributed by atoms with Gasteiger partial charge in [0.05, 0.1) is 22.2 Å². The Morgan fingerprint density at radius 1 is 1.35 bits per heavy atom. The van der Waals surface area contributed by atoms with E-state index in [1.54, 1.807) is 0 Å². The van der Waals surface area contributed by atoms with E-state index in [-0.39, 0.29) is 17.8 Å². The minimum absolute atomic E-state index is 0.0382. The fraction of sp³-hybridized carbons (Fsp3) is 0.692. The Morgan fingerprint density at radius 2 is 2.05 bits per heavy atom. The first-order chi connectivity index (χ1) is 9.16. The highest BCUT2D eigenvalue weighted by Gasteiger charge is 2.33. The lowest BCUT2D eigenvalue weighted by Crippen LogP contribution is -2.26. The van der Waals surface area contributed by atoms with E-state index in [2.05, 4.69) is 9.72 Å². The molecule has 0 aromatic carbocycles. The highest BCUT2D eigenvalue weighted by molar-refractivity contribution is 7.13. The van der Waals surface area contributed by atoms with Gasteiger partial charge in [-0.05, 0) is 11.8 Å². The number of ketones is 1. The second kappa shape index (κ2) is 5.44. The van der Waals surface area contributed by atoms with Crippen molar-refractivity contribution in [1.29, 1.82) is 0 Å². The Labute approximate surface area is 119 Å². The standard InChI is InChI=1S/C13H16F3NO2S/c1-12(2)5-8-11(9(18)6-12)20-10(17-8)3-4-19-7-13(14,15)16/h3-7H2,1-2H3. The van der Waals surface area contributed by atoms with Crippen LogP contribution < -0.4 is 0 Å². The first-order valence-electron chi connectivity index (χ1n) is 6.33. The molecule has 0 aliphatic heterocycles. The van der Waals surface area contributed by atoms with Crippen molar-refractivity contribution in [3.63, 3.8) is 0 Å². The van der Waals surface area contributed by atoms with Crippen LogP contribution in [0.1, 0.15) is 40.6 Å². The number of aromatic nitrogens is 1. The van der Waals surface area contributed by atoms with Crippen LogP contribution in [0.25, 0.3) is 0 Å². The number of ether oxygens (including phenoxy) is 1. The van der Waals surface area contributed by atoms with Gasteiger partial charge in [-0.3, -0.25) is 4.79 Å². The molecule has 3 nitrogen and oxygen atoms in total. The molecular weight excluding hydrogens is 291 g/mol. The number of hydrogen-bond donors (Lipinski definition) is 0. The molecule has 0 bridgehead atoms. The number of nitrogens with zero attached hydrogens (tertiary/aromatic N) is 1. The molecule has 20 heavy (non-hydrogen) atoms. The maximum atomic E-state index is 12.0. The number of alkyl halides is 3. The largest absolute Gasteiger partial charge is 0.411 e. The van der Waals surface area contributed by atoms with E-state index in [4.69, 9.17) is 0 Å². The number of carbonyl (C=O) groups excluding carboxylic acids is 1. The van der Waals surface area contributed by atoms with Crippen LogP contribution in [0, 0.1) is 5.41 Å². The molecule has 0 fully saturated rings. The van der Waals surface area contributed by atoms with Gasteiger partial charge < -0.3 is 4.74 Å². The Hall–Kier alpha value is -0.950.